The van der Waals surface area contributed by atoms with Crippen LogP contribution in [-0.2, 0) is 52.9 Å². The van der Waals surface area contributed by atoms with E-state index < -0.39 is 59.3 Å². The fourth-order valence-electron chi connectivity index (χ4n) is 3.81. The second-order valence-corrected chi connectivity index (χ2v) is 9.62. The summed E-state index contributed by atoms with van der Waals surface area (Å²) < 4.78 is 0. The molecule has 1 aromatic heterocycles. The van der Waals surface area contributed by atoms with Gasteiger partial charge in [-0.3, -0.25) is 28.8 Å². The summed E-state index contributed by atoms with van der Waals surface area (Å²) >= 11 is 0. The summed E-state index contributed by atoms with van der Waals surface area (Å²) in [5, 5.41) is 8.87. The van der Waals surface area contributed by atoms with Crippen LogP contribution in [0.2, 0.25) is 0 Å². The Labute approximate surface area is 287 Å². The minimum Gasteiger partial charge on any atom is -0.331 e. The molecule has 6 amide bonds. The molecule has 20 nitrogen and oxygen atoms in total. The molecule has 0 spiro atoms. The molecular weight excluding hydrogens is 680 g/mol. The summed E-state index contributed by atoms with van der Waals surface area (Å²) in [5.74, 6) is -5.87. The van der Waals surface area contributed by atoms with Crippen LogP contribution in [0.5, 0.6) is 0 Å². The lowest BCUT2D eigenvalue weighted by molar-refractivity contribution is -0.195. The predicted octanol–water partition coefficient (Wildman–Crippen LogP) is 0.806. The van der Waals surface area contributed by atoms with Crippen LogP contribution in [0, 0.1) is 0 Å². The zero-order valence-electron chi connectivity index (χ0n) is 26.6. The number of nitrogens with zero attached hydrogens (tertiary/aromatic N) is 6. The second kappa shape index (κ2) is 17.9. The molecule has 6 rings (SSSR count). The zero-order valence-corrected chi connectivity index (χ0v) is 26.6. The highest BCUT2D eigenvalue weighted by Crippen LogP contribution is 2.22. The van der Waals surface area contributed by atoms with Gasteiger partial charge in [-0.25, -0.2) is 19.2 Å². The summed E-state index contributed by atoms with van der Waals surface area (Å²) in [6, 6.07) is 13.5. The molecule has 3 aliphatic heterocycles. The van der Waals surface area contributed by atoms with Crippen molar-refractivity contribution in [3.05, 3.63) is 71.8 Å². The molecule has 0 unspecified atom stereocenters. The molecule has 0 bridgehead atoms. The van der Waals surface area contributed by atoms with Crippen LogP contribution >= 0.6 is 0 Å². The minimum absolute atomic E-state index is 0. The fourth-order valence-corrected chi connectivity index (χ4v) is 3.81. The van der Waals surface area contributed by atoms with Crippen LogP contribution in [0.4, 0.5) is 0 Å². The van der Waals surface area contributed by atoms with Gasteiger partial charge in [-0.05, 0) is 29.5 Å². The molecular formula is C31H30N6O14. The molecule has 268 valence electrons. The van der Waals surface area contributed by atoms with Gasteiger partial charge in [0, 0.05) is 52.7 Å². The Kier molecular flexibility index (Phi) is 14.0. The van der Waals surface area contributed by atoms with E-state index in [2.05, 4.69) is 24.8 Å². The number of rotatable bonds is 4. The molecule has 2 aromatic carbocycles. The van der Waals surface area contributed by atoms with Gasteiger partial charge in [0.2, 0.25) is 0 Å². The maximum absolute atomic E-state index is 11.6. The number of carbonyl (C=O) groups excluding carboxylic acids is 10. The van der Waals surface area contributed by atoms with E-state index in [-0.39, 0.29) is 31.4 Å². The first-order valence-corrected chi connectivity index (χ1v) is 14.0. The molecule has 4 heterocycles. The van der Waals surface area contributed by atoms with E-state index in [1.165, 1.54) is 19.1 Å². The predicted molar refractivity (Wildman–Crippen MR) is 166 cm³/mol. The lowest BCUT2D eigenvalue weighted by atomic mass is 10.1. The molecule has 0 atom stereocenters. The highest BCUT2D eigenvalue weighted by Gasteiger charge is 2.38. The topological polar surface area (TPSA) is 248 Å². The number of imide groups is 3. The van der Waals surface area contributed by atoms with Crippen molar-refractivity contribution in [1.82, 2.24) is 30.3 Å². The van der Waals surface area contributed by atoms with Crippen LogP contribution in [-0.4, -0.2) is 89.7 Å². The molecule has 1 saturated heterocycles. The molecule has 0 radical (unpaired) electrons. The molecule has 51 heavy (non-hydrogen) atoms. The van der Waals surface area contributed by atoms with Gasteiger partial charge in [-0.15, -0.1) is 10.2 Å². The van der Waals surface area contributed by atoms with Crippen molar-refractivity contribution < 1.29 is 67.3 Å². The van der Waals surface area contributed by atoms with E-state index in [0.717, 1.165) is 37.8 Å². The van der Waals surface area contributed by atoms with Gasteiger partial charge in [-0.1, -0.05) is 46.7 Å². The van der Waals surface area contributed by atoms with Gasteiger partial charge in [-0.2, -0.15) is 0 Å². The molecule has 1 fully saturated rings. The summed E-state index contributed by atoms with van der Waals surface area (Å²) in [6.07, 6.45) is 2.33. The first-order chi connectivity index (χ1) is 23.6. The Morgan fingerprint density at radius 2 is 0.980 bits per heavy atom. The maximum Gasteiger partial charge on any atom is 0.332 e. The molecule has 0 N–H and O–H groups in total. The Hall–Kier alpha value is -7.12. The fraction of sp³-hybridized carbons (Fsp3) is 0.226. The van der Waals surface area contributed by atoms with Crippen molar-refractivity contribution in [2.75, 3.05) is 0 Å². The summed E-state index contributed by atoms with van der Waals surface area (Å²) in [6.45, 7) is 4.69. The van der Waals surface area contributed by atoms with Crippen molar-refractivity contribution in [2.24, 2.45) is 0 Å². The van der Waals surface area contributed by atoms with Gasteiger partial charge in [0.15, 0.2) is 0 Å². The normalized spacial score (nSPS) is 13.9. The number of hydrogen-bond donors (Lipinski definition) is 0. The lowest BCUT2D eigenvalue weighted by Gasteiger charge is -2.10. The van der Waals surface area contributed by atoms with Crippen LogP contribution < -0.4 is 4.84 Å². The Bertz CT molecular complexity index is 1850. The van der Waals surface area contributed by atoms with Crippen LogP contribution in [0.1, 0.15) is 68.7 Å². The molecule has 3 aliphatic rings. The third-order valence-corrected chi connectivity index (χ3v) is 5.73. The first kappa shape index (κ1) is 40.1. The van der Waals surface area contributed by atoms with Crippen molar-refractivity contribution >= 4 is 70.4 Å². The van der Waals surface area contributed by atoms with Crippen molar-refractivity contribution in [3.63, 3.8) is 0 Å². The Balaban J connectivity index is 0.000000236. The van der Waals surface area contributed by atoms with E-state index in [0.29, 0.717) is 26.2 Å². The average Bonchev–Trinajstić information content (AvgIpc) is 3.77. The molecule has 3 aromatic rings. The SMILES string of the molecule is C.CC(=O)ON1C(=O)C=CC1=O.CC(=O)ON1C(=O)CCC1=O.CC(=O)ON1C(=O)c2ccccc2C1=O.CC(=O)On1nnc2ccccc21. The highest BCUT2D eigenvalue weighted by molar-refractivity contribution is 6.20. The Morgan fingerprint density at radius 3 is 1.45 bits per heavy atom. The third kappa shape index (κ3) is 10.7. The van der Waals surface area contributed by atoms with E-state index in [1.54, 1.807) is 24.3 Å². The van der Waals surface area contributed by atoms with Crippen LogP contribution in [0.15, 0.2) is 60.7 Å². The number of benzene rings is 2. The van der Waals surface area contributed by atoms with Gasteiger partial charge in [0.05, 0.1) is 11.1 Å². The average molecular weight is 711 g/mol. The first-order valence-electron chi connectivity index (χ1n) is 14.0. The number of carbonyl (C=O) groups is 10. The number of amides is 6. The number of fused-ring (bicyclic) bond motifs is 2. The number of aromatic nitrogens is 3. The number of para-hydroxylation sites is 1. The van der Waals surface area contributed by atoms with E-state index >= 15 is 0 Å². The second-order valence-electron chi connectivity index (χ2n) is 9.62. The highest BCUT2D eigenvalue weighted by atomic mass is 16.7. The van der Waals surface area contributed by atoms with Gasteiger partial charge < -0.3 is 19.4 Å². The largest absolute Gasteiger partial charge is 0.332 e. The summed E-state index contributed by atoms with van der Waals surface area (Å²) in [5.41, 5.74) is 1.88. The van der Waals surface area contributed by atoms with E-state index in [4.69, 9.17) is 4.84 Å². The lowest BCUT2D eigenvalue weighted by Crippen LogP contribution is -2.31. The van der Waals surface area contributed by atoms with E-state index in [9.17, 15) is 47.9 Å². The monoisotopic (exact) mass is 710 g/mol. The minimum atomic E-state index is -0.704. The van der Waals surface area contributed by atoms with Gasteiger partial charge in [0.1, 0.15) is 11.0 Å². The quantitative estimate of drug-likeness (QED) is 0.268. The molecule has 0 saturated carbocycles. The third-order valence-electron chi connectivity index (χ3n) is 5.73. The van der Waals surface area contributed by atoms with Crippen molar-refractivity contribution in [3.8, 4) is 0 Å². The number of hydrogen-bond acceptors (Lipinski definition) is 16. The molecule has 20 heteroatoms. The van der Waals surface area contributed by atoms with Crippen LogP contribution in [0.25, 0.3) is 11.0 Å². The van der Waals surface area contributed by atoms with Crippen molar-refractivity contribution in [2.45, 2.75) is 48.0 Å². The van der Waals surface area contributed by atoms with Gasteiger partial charge >= 0.3 is 23.9 Å². The van der Waals surface area contributed by atoms with E-state index in [1.807, 2.05) is 12.1 Å². The number of hydroxylamine groups is 6. The van der Waals surface area contributed by atoms with Gasteiger partial charge in [0.25, 0.3) is 35.4 Å². The summed E-state index contributed by atoms with van der Waals surface area (Å²) in [7, 11) is 0. The smallest absolute Gasteiger partial charge is 0.331 e. The maximum atomic E-state index is 11.6. The standard InChI is InChI=1S/C10H7NO4.C8H7N3O2.C6H7NO4.C6H5NO4.CH4/c1-6(12)15-11-9(13)7-4-2-3-5-8(7)10(11)14;1-6(12)13-11-8-5-3-2-4-7(8)9-10-11;2*1-4(8)11-7-5(9)2-3-6(7)10;/h2-5H,1H3;2-5H,1H3;2-3H2,1H3;2-3H,1H3;1H4. The Morgan fingerprint density at radius 1 is 0.569 bits per heavy atom. The van der Waals surface area contributed by atoms with Crippen molar-refractivity contribution in [1.29, 1.82) is 0 Å². The van der Waals surface area contributed by atoms with Crippen LogP contribution in [0.3, 0.4) is 0 Å². The summed E-state index contributed by atoms with van der Waals surface area (Å²) in [4.78, 5) is 127. The zero-order chi connectivity index (χ0) is 37.1. The molecule has 0 aliphatic carbocycles.